The van der Waals surface area contributed by atoms with Crippen LogP contribution in [-0.4, -0.2) is 44.3 Å². The molecule has 0 fully saturated rings. The number of rotatable bonds is 11. The molecule has 0 aromatic carbocycles. The number of hydrogen-bond acceptors (Lipinski definition) is 4. The van der Waals surface area contributed by atoms with Crippen molar-refractivity contribution in [1.29, 1.82) is 0 Å². The second kappa shape index (κ2) is 8.62. The van der Waals surface area contributed by atoms with Gasteiger partial charge in [-0.3, -0.25) is 0 Å². The normalized spacial score (nSPS) is 12.7. The molecule has 18 heavy (non-hydrogen) atoms. The first-order valence-electron chi connectivity index (χ1n) is 6.69. The molecular formula is C14H29NO3. The Morgan fingerprint density at radius 3 is 2.11 bits per heavy atom. The summed E-state index contributed by atoms with van der Waals surface area (Å²) in [6.45, 7) is 10.4. The largest absolute Gasteiger partial charge is 0.375 e. The highest BCUT2D eigenvalue weighted by atomic mass is 16.5. The van der Waals surface area contributed by atoms with Gasteiger partial charge in [0, 0.05) is 13.0 Å². The summed E-state index contributed by atoms with van der Waals surface area (Å²) in [5.74, 6) is 0. The molecule has 0 unspecified atom stereocenters. The van der Waals surface area contributed by atoms with Crippen LogP contribution in [0.2, 0.25) is 0 Å². The van der Waals surface area contributed by atoms with Gasteiger partial charge in [-0.2, -0.15) is 0 Å². The van der Waals surface area contributed by atoms with Crippen LogP contribution in [0.1, 0.15) is 47.0 Å². The van der Waals surface area contributed by atoms with E-state index in [9.17, 15) is 4.79 Å². The first kappa shape index (κ1) is 17.6. The van der Waals surface area contributed by atoms with Crippen molar-refractivity contribution in [2.24, 2.45) is 0 Å². The van der Waals surface area contributed by atoms with Gasteiger partial charge in [0.05, 0.1) is 24.4 Å². The lowest BCUT2D eigenvalue weighted by molar-refractivity contribution is -0.110. The standard InChI is InChI=1S/C14H29NO3/c1-13(2,7-6-10-16)17-11-8-14(3,4)18-12-9-15-5/h10,15H,6-9,11-12H2,1-5H3. The lowest BCUT2D eigenvalue weighted by atomic mass is 10.0. The summed E-state index contributed by atoms with van der Waals surface area (Å²) < 4.78 is 11.6. The number of hydrogen-bond donors (Lipinski definition) is 1. The highest BCUT2D eigenvalue weighted by molar-refractivity contribution is 5.49. The van der Waals surface area contributed by atoms with Gasteiger partial charge < -0.3 is 19.6 Å². The van der Waals surface area contributed by atoms with Crippen molar-refractivity contribution in [3.8, 4) is 0 Å². The summed E-state index contributed by atoms with van der Waals surface area (Å²) in [5.41, 5.74) is -0.403. The van der Waals surface area contributed by atoms with E-state index in [1.165, 1.54) is 0 Å². The monoisotopic (exact) mass is 259 g/mol. The Morgan fingerprint density at radius 1 is 1.00 bits per heavy atom. The van der Waals surface area contributed by atoms with E-state index >= 15 is 0 Å². The first-order chi connectivity index (χ1) is 8.33. The molecule has 4 heteroatoms. The van der Waals surface area contributed by atoms with Crippen molar-refractivity contribution in [3.63, 3.8) is 0 Å². The fourth-order valence-electron chi connectivity index (χ4n) is 1.55. The van der Waals surface area contributed by atoms with E-state index in [-0.39, 0.29) is 11.2 Å². The zero-order valence-corrected chi connectivity index (χ0v) is 12.5. The van der Waals surface area contributed by atoms with Crippen LogP contribution in [0.15, 0.2) is 0 Å². The summed E-state index contributed by atoms with van der Waals surface area (Å²) in [7, 11) is 1.91. The van der Waals surface area contributed by atoms with Gasteiger partial charge >= 0.3 is 0 Å². The SMILES string of the molecule is CNCCOC(C)(C)CCOC(C)(C)CCC=O. The summed E-state index contributed by atoms with van der Waals surface area (Å²) >= 11 is 0. The lowest BCUT2D eigenvalue weighted by Gasteiger charge is -2.29. The molecule has 0 radical (unpaired) electrons. The van der Waals surface area contributed by atoms with Crippen LogP contribution in [-0.2, 0) is 14.3 Å². The van der Waals surface area contributed by atoms with Gasteiger partial charge in [-0.25, -0.2) is 0 Å². The van der Waals surface area contributed by atoms with E-state index in [2.05, 4.69) is 19.2 Å². The smallest absolute Gasteiger partial charge is 0.120 e. The summed E-state index contributed by atoms with van der Waals surface area (Å²) in [4.78, 5) is 10.3. The van der Waals surface area contributed by atoms with Crippen LogP contribution < -0.4 is 5.32 Å². The first-order valence-corrected chi connectivity index (χ1v) is 6.69. The van der Waals surface area contributed by atoms with E-state index < -0.39 is 0 Å². The maximum atomic E-state index is 10.3. The van der Waals surface area contributed by atoms with Gasteiger partial charge in [-0.15, -0.1) is 0 Å². The van der Waals surface area contributed by atoms with Crippen LogP contribution in [0.3, 0.4) is 0 Å². The van der Waals surface area contributed by atoms with Gasteiger partial charge in [-0.05, 0) is 47.6 Å². The zero-order chi connectivity index (χ0) is 14.1. The van der Waals surface area contributed by atoms with E-state index in [0.717, 1.165) is 25.7 Å². The van der Waals surface area contributed by atoms with E-state index in [0.29, 0.717) is 19.6 Å². The molecule has 0 aliphatic heterocycles. The molecule has 0 bridgehead atoms. The molecule has 0 amide bonds. The predicted octanol–water partition coefficient (Wildman–Crippen LogP) is 2.17. The number of ether oxygens (including phenoxy) is 2. The van der Waals surface area contributed by atoms with Crippen LogP contribution in [0.25, 0.3) is 0 Å². The molecule has 4 nitrogen and oxygen atoms in total. The molecule has 0 heterocycles. The third-order valence-corrected chi connectivity index (χ3v) is 2.91. The van der Waals surface area contributed by atoms with Crippen LogP contribution >= 0.6 is 0 Å². The molecule has 0 aliphatic rings. The van der Waals surface area contributed by atoms with Crippen molar-refractivity contribution in [2.75, 3.05) is 26.8 Å². The Balaban J connectivity index is 3.82. The lowest BCUT2D eigenvalue weighted by Crippen LogP contribution is -2.32. The van der Waals surface area contributed by atoms with Crippen LogP contribution in [0, 0.1) is 0 Å². The number of aldehydes is 1. The van der Waals surface area contributed by atoms with Crippen molar-refractivity contribution in [2.45, 2.75) is 58.2 Å². The topological polar surface area (TPSA) is 47.6 Å². The molecule has 0 spiro atoms. The summed E-state index contributed by atoms with van der Waals surface area (Å²) in [6, 6.07) is 0. The maximum absolute atomic E-state index is 10.3. The molecule has 1 N–H and O–H groups in total. The molecular weight excluding hydrogens is 230 g/mol. The van der Waals surface area contributed by atoms with Gasteiger partial charge in [0.15, 0.2) is 0 Å². The fraction of sp³-hybridized carbons (Fsp3) is 0.929. The zero-order valence-electron chi connectivity index (χ0n) is 12.5. The van der Waals surface area contributed by atoms with Crippen molar-refractivity contribution >= 4 is 6.29 Å². The Kier molecular flexibility index (Phi) is 8.40. The van der Waals surface area contributed by atoms with Crippen molar-refractivity contribution in [1.82, 2.24) is 5.32 Å². The summed E-state index contributed by atoms with van der Waals surface area (Å²) in [6.07, 6.45) is 3.10. The number of carbonyl (C=O) groups excluding carboxylic acids is 1. The molecule has 0 atom stereocenters. The highest BCUT2D eigenvalue weighted by Gasteiger charge is 2.22. The Labute approximate surface area is 111 Å². The average molecular weight is 259 g/mol. The van der Waals surface area contributed by atoms with E-state index in [1.807, 2.05) is 20.9 Å². The number of nitrogens with one attached hydrogen (secondary N) is 1. The van der Waals surface area contributed by atoms with Crippen LogP contribution in [0.5, 0.6) is 0 Å². The third kappa shape index (κ3) is 9.57. The Hall–Kier alpha value is -0.450. The minimum Gasteiger partial charge on any atom is -0.375 e. The van der Waals surface area contributed by atoms with E-state index in [1.54, 1.807) is 0 Å². The second-order valence-electron chi connectivity index (χ2n) is 5.78. The predicted molar refractivity (Wildman–Crippen MR) is 73.9 cm³/mol. The number of likely N-dealkylation sites (N-methyl/N-ethyl adjacent to an activating group) is 1. The van der Waals surface area contributed by atoms with Gasteiger partial charge in [-0.1, -0.05) is 0 Å². The molecule has 0 aromatic heterocycles. The Bertz CT molecular complexity index is 227. The summed E-state index contributed by atoms with van der Waals surface area (Å²) in [5, 5.41) is 3.05. The molecule has 0 saturated heterocycles. The third-order valence-electron chi connectivity index (χ3n) is 2.91. The highest BCUT2D eigenvalue weighted by Crippen LogP contribution is 2.20. The van der Waals surface area contributed by atoms with E-state index in [4.69, 9.17) is 9.47 Å². The van der Waals surface area contributed by atoms with Gasteiger partial charge in [0.1, 0.15) is 6.29 Å². The van der Waals surface area contributed by atoms with Gasteiger partial charge in [0.25, 0.3) is 0 Å². The molecule has 0 rings (SSSR count). The fourth-order valence-corrected chi connectivity index (χ4v) is 1.55. The number of carbonyl (C=O) groups is 1. The second-order valence-corrected chi connectivity index (χ2v) is 5.78. The quantitative estimate of drug-likeness (QED) is 0.456. The molecule has 108 valence electrons. The average Bonchev–Trinajstić information content (AvgIpc) is 2.26. The molecule has 0 saturated carbocycles. The van der Waals surface area contributed by atoms with Gasteiger partial charge in [0.2, 0.25) is 0 Å². The van der Waals surface area contributed by atoms with Crippen LogP contribution in [0.4, 0.5) is 0 Å². The minimum atomic E-state index is -0.234. The molecule has 0 aromatic rings. The van der Waals surface area contributed by atoms with Crippen molar-refractivity contribution in [3.05, 3.63) is 0 Å². The maximum Gasteiger partial charge on any atom is 0.120 e. The van der Waals surface area contributed by atoms with Crippen molar-refractivity contribution < 1.29 is 14.3 Å². The Morgan fingerprint density at radius 2 is 1.56 bits per heavy atom. The minimum absolute atomic E-state index is 0.169. The molecule has 0 aliphatic carbocycles.